The van der Waals surface area contributed by atoms with E-state index < -0.39 is 0 Å². The number of benzene rings is 1. The van der Waals surface area contributed by atoms with Crippen LogP contribution in [0.5, 0.6) is 5.75 Å². The van der Waals surface area contributed by atoms with Gasteiger partial charge in [-0.05, 0) is 44.5 Å². The summed E-state index contributed by atoms with van der Waals surface area (Å²) in [5.74, 6) is 1.99. The van der Waals surface area contributed by atoms with E-state index in [-0.39, 0.29) is 17.9 Å². The third kappa shape index (κ3) is 3.72. The van der Waals surface area contributed by atoms with Gasteiger partial charge in [0.05, 0.1) is 24.8 Å². The fourth-order valence-electron chi connectivity index (χ4n) is 4.31. The van der Waals surface area contributed by atoms with Crippen LogP contribution in [0.1, 0.15) is 37.5 Å². The molecule has 0 radical (unpaired) electrons. The summed E-state index contributed by atoms with van der Waals surface area (Å²) >= 11 is 0. The van der Waals surface area contributed by atoms with E-state index in [9.17, 15) is 4.79 Å². The molecular formula is C21H28N4O2. The number of amides is 1. The number of hydrogen-bond acceptors (Lipinski definition) is 4. The molecule has 1 aromatic heterocycles. The topological polar surface area (TPSA) is 61.5 Å². The fourth-order valence-corrected chi connectivity index (χ4v) is 4.31. The Labute approximate surface area is 160 Å². The Morgan fingerprint density at radius 3 is 2.85 bits per heavy atom. The summed E-state index contributed by atoms with van der Waals surface area (Å²) < 4.78 is 5.30. The van der Waals surface area contributed by atoms with Crippen LogP contribution in [-0.4, -0.2) is 59.5 Å². The van der Waals surface area contributed by atoms with E-state index >= 15 is 0 Å². The van der Waals surface area contributed by atoms with Gasteiger partial charge < -0.3 is 19.5 Å². The molecule has 0 aliphatic carbocycles. The van der Waals surface area contributed by atoms with Crippen LogP contribution in [0.2, 0.25) is 0 Å². The SMILES string of the molecule is COc1cccc(-c2c[nH]c([C@@H]3C[C@H](CN4CCCCC4)C(=O)N3C)n2)c1. The van der Waals surface area contributed by atoms with Gasteiger partial charge in [-0.15, -0.1) is 0 Å². The molecule has 1 aromatic carbocycles. The number of piperidine rings is 1. The number of rotatable bonds is 5. The number of imidazole rings is 1. The van der Waals surface area contributed by atoms with Crippen molar-refractivity contribution in [3.8, 4) is 17.0 Å². The Hall–Kier alpha value is -2.34. The Morgan fingerprint density at radius 1 is 1.26 bits per heavy atom. The predicted molar refractivity (Wildman–Crippen MR) is 104 cm³/mol. The molecule has 6 heteroatoms. The Balaban J connectivity index is 1.48. The first kappa shape index (κ1) is 18.0. The number of H-pyrrole nitrogens is 1. The Kier molecular flexibility index (Phi) is 5.16. The molecule has 2 atom stereocenters. The number of nitrogens with one attached hydrogen (secondary N) is 1. The van der Waals surface area contributed by atoms with Gasteiger partial charge in [-0.2, -0.15) is 0 Å². The summed E-state index contributed by atoms with van der Waals surface area (Å²) in [4.78, 5) is 25.2. The molecule has 2 aliphatic heterocycles. The lowest BCUT2D eigenvalue weighted by Gasteiger charge is -2.28. The summed E-state index contributed by atoms with van der Waals surface area (Å²) in [6.45, 7) is 3.13. The Bertz CT molecular complexity index is 797. The summed E-state index contributed by atoms with van der Waals surface area (Å²) in [6, 6.07) is 7.90. The normalized spacial score (nSPS) is 23.8. The van der Waals surface area contributed by atoms with Gasteiger partial charge >= 0.3 is 0 Å². The molecule has 1 amide bonds. The maximum atomic E-state index is 12.8. The molecule has 2 aliphatic rings. The zero-order chi connectivity index (χ0) is 18.8. The van der Waals surface area contributed by atoms with E-state index in [0.717, 1.165) is 48.9 Å². The first-order valence-electron chi connectivity index (χ1n) is 9.84. The van der Waals surface area contributed by atoms with Gasteiger partial charge in [-0.25, -0.2) is 4.98 Å². The van der Waals surface area contributed by atoms with Crippen molar-refractivity contribution in [3.05, 3.63) is 36.3 Å². The molecule has 0 unspecified atom stereocenters. The van der Waals surface area contributed by atoms with Gasteiger partial charge in [0.2, 0.25) is 5.91 Å². The largest absolute Gasteiger partial charge is 0.497 e. The summed E-state index contributed by atoms with van der Waals surface area (Å²) in [6.07, 6.45) is 6.57. The lowest BCUT2D eigenvalue weighted by atomic mass is 10.0. The Morgan fingerprint density at radius 2 is 2.07 bits per heavy atom. The van der Waals surface area contributed by atoms with Crippen LogP contribution in [0.25, 0.3) is 11.3 Å². The summed E-state index contributed by atoms with van der Waals surface area (Å²) in [5, 5.41) is 0. The number of aromatic nitrogens is 2. The number of nitrogens with zero attached hydrogens (tertiary/aromatic N) is 3. The van der Waals surface area contributed by atoms with Crippen LogP contribution in [0.15, 0.2) is 30.5 Å². The van der Waals surface area contributed by atoms with Crippen LogP contribution in [0.3, 0.4) is 0 Å². The number of hydrogen-bond donors (Lipinski definition) is 1. The lowest BCUT2D eigenvalue weighted by molar-refractivity contribution is -0.131. The van der Waals surface area contributed by atoms with E-state index in [2.05, 4.69) is 9.88 Å². The number of aromatic amines is 1. The van der Waals surface area contributed by atoms with Gasteiger partial charge in [0.1, 0.15) is 11.6 Å². The number of likely N-dealkylation sites (tertiary alicyclic amines) is 2. The second kappa shape index (κ2) is 7.72. The van der Waals surface area contributed by atoms with Gasteiger partial charge in [-0.1, -0.05) is 18.6 Å². The maximum absolute atomic E-state index is 12.8. The van der Waals surface area contributed by atoms with Crippen LogP contribution < -0.4 is 4.74 Å². The smallest absolute Gasteiger partial charge is 0.227 e. The van der Waals surface area contributed by atoms with Crippen molar-refractivity contribution < 1.29 is 9.53 Å². The molecule has 4 rings (SSSR count). The molecule has 6 nitrogen and oxygen atoms in total. The van der Waals surface area contributed by atoms with Crippen molar-refractivity contribution in [2.24, 2.45) is 5.92 Å². The average molecular weight is 368 g/mol. The molecular weight excluding hydrogens is 340 g/mol. The van der Waals surface area contributed by atoms with Crippen molar-refractivity contribution >= 4 is 5.91 Å². The van der Waals surface area contributed by atoms with Crippen molar-refractivity contribution in [3.63, 3.8) is 0 Å². The second-order valence-corrected chi connectivity index (χ2v) is 7.66. The minimum Gasteiger partial charge on any atom is -0.497 e. The van der Waals surface area contributed by atoms with E-state index in [1.807, 2.05) is 42.4 Å². The third-order valence-electron chi connectivity index (χ3n) is 5.88. The van der Waals surface area contributed by atoms with E-state index in [4.69, 9.17) is 9.72 Å². The molecule has 0 spiro atoms. The minimum atomic E-state index is 0.0200. The van der Waals surface area contributed by atoms with Crippen LogP contribution in [-0.2, 0) is 4.79 Å². The predicted octanol–water partition coefficient (Wildman–Crippen LogP) is 3.09. The van der Waals surface area contributed by atoms with Crippen LogP contribution >= 0.6 is 0 Å². The van der Waals surface area contributed by atoms with Crippen molar-refractivity contribution in [1.82, 2.24) is 19.8 Å². The van der Waals surface area contributed by atoms with Crippen molar-refractivity contribution in [1.29, 1.82) is 0 Å². The monoisotopic (exact) mass is 368 g/mol. The fraction of sp³-hybridized carbons (Fsp3) is 0.524. The molecule has 2 fully saturated rings. The van der Waals surface area contributed by atoms with E-state index in [1.54, 1.807) is 7.11 Å². The molecule has 0 saturated carbocycles. The number of ether oxygens (including phenoxy) is 1. The minimum absolute atomic E-state index is 0.0200. The second-order valence-electron chi connectivity index (χ2n) is 7.66. The standard InChI is InChI=1S/C21H28N4O2/c1-24-19(12-16(21(24)26)14-25-9-4-3-5-10-25)20-22-13-18(23-20)15-7-6-8-17(11-15)27-2/h6-8,11,13,16,19H,3-5,9-10,12,14H2,1-2H3,(H,22,23)/t16-,19+/m1/s1. The molecule has 2 aromatic rings. The van der Waals surface area contributed by atoms with Crippen LogP contribution in [0.4, 0.5) is 0 Å². The zero-order valence-electron chi connectivity index (χ0n) is 16.1. The van der Waals surface area contributed by atoms with Gasteiger partial charge in [0, 0.05) is 25.4 Å². The van der Waals surface area contributed by atoms with Crippen LogP contribution in [0, 0.1) is 5.92 Å². The zero-order valence-corrected chi connectivity index (χ0v) is 16.1. The summed E-state index contributed by atoms with van der Waals surface area (Å²) in [5.41, 5.74) is 1.89. The van der Waals surface area contributed by atoms with Gasteiger partial charge in [0.15, 0.2) is 0 Å². The van der Waals surface area contributed by atoms with Gasteiger partial charge in [0.25, 0.3) is 0 Å². The number of methoxy groups -OCH3 is 1. The highest BCUT2D eigenvalue weighted by molar-refractivity contribution is 5.81. The molecule has 2 saturated heterocycles. The molecule has 3 heterocycles. The molecule has 27 heavy (non-hydrogen) atoms. The molecule has 1 N–H and O–H groups in total. The quantitative estimate of drug-likeness (QED) is 0.881. The van der Waals surface area contributed by atoms with E-state index in [0.29, 0.717) is 0 Å². The molecule has 144 valence electrons. The average Bonchev–Trinajstić information content (AvgIpc) is 3.30. The number of carbonyl (C=O) groups is 1. The highest BCUT2D eigenvalue weighted by atomic mass is 16.5. The maximum Gasteiger partial charge on any atom is 0.227 e. The highest BCUT2D eigenvalue weighted by Crippen LogP contribution is 2.35. The molecule has 0 bridgehead atoms. The van der Waals surface area contributed by atoms with Crippen molar-refractivity contribution in [2.75, 3.05) is 33.8 Å². The highest BCUT2D eigenvalue weighted by Gasteiger charge is 2.40. The number of carbonyl (C=O) groups excluding carboxylic acids is 1. The summed E-state index contributed by atoms with van der Waals surface area (Å²) in [7, 11) is 3.56. The van der Waals surface area contributed by atoms with Crippen molar-refractivity contribution in [2.45, 2.75) is 31.7 Å². The third-order valence-corrected chi connectivity index (χ3v) is 5.88. The van der Waals surface area contributed by atoms with E-state index in [1.165, 1.54) is 19.3 Å². The lowest BCUT2D eigenvalue weighted by Crippen LogP contribution is -2.37. The van der Waals surface area contributed by atoms with Gasteiger partial charge in [-0.3, -0.25) is 4.79 Å². The first-order valence-corrected chi connectivity index (χ1v) is 9.84. The first-order chi connectivity index (χ1) is 13.2.